The van der Waals surface area contributed by atoms with Crippen LogP contribution in [0.3, 0.4) is 0 Å². The van der Waals surface area contributed by atoms with Gasteiger partial charge in [0.1, 0.15) is 36.6 Å². The Morgan fingerprint density at radius 3 is 1.03 bits per heavy atom. The standard InChI is InChI=1S/C48H82N4O26/c53-20-27-17-30(42(65)45(68)39(27)62)75-14-7-49-33(56)3-10-71-23-48(26-74-13-6-38(61)78-52-36(59)1-2-37(52)60,24-72-11-4-34(57)50-8-15-76-31-18-28(21-54)40(63)46(69)43(31)66)25-73-12-5-35(58)51-9-16-77-32-19-29(22-55)41(64)47(70)44(32)67/h27-32,39-47,53-55,62-70H,1-26H2,(H,49,56)(H,50,57)(H,51,58)/t27-,28-,29-,30+,31+,32+,39-,40-,41-,42-,43-,44-,45+,46+,47+/m1/s1. The van der Waals surface area contributed by atoms with Crippen LogP contribution in [0.5, 0.6) is 0 Å². The molecule has 1 saturated heterocycles. The molecule has 0 spiro atoms. The number of amides is 5. The molecule has 0 radical (unpaired) electrons. The van der Waals surface area contributed by atoms with E-state index in [0.717, 1.165) is 0 Å². The maximum Gasteiger partial charge on any atom is 0.335 e. The predicted octanol–water partition coefficient (Wildman–Crippen LogP) is -8.00. The van der Waals surface area contributed by atoms with Crippen LogP contribution in [-0.4, -0.2) is 287 Å². The maximum absolute atomic E-state index is 12.8. The van der Waals surface area contributed by atoms with Crippen LogP contribution in [0, 0.1) is 23.2 Å². The molecule has 0 bridgehead atoms. The third-order valence-corrected chi connectivity index (χ3v) is 14.0. The molecule has 4 fully saturated rings. The first-order valence-electron chi connectivity index (χ1n) is 26.2. The summed E-state index contributed by atoms with van der Waals surface area (Å²) in [4.78, 5) is 79.9. The quantitative estimate of drug-likeness (QED) is 0.0205. The molecule has 1 heterocycles. The molecule has 4 aliphatic rings. The van der Waals surface area contributed by atoms with Crippen LogP contribution in [0.4, 0.5) is 0 Å². The molecular weight excluding hydrogens is 1050 g/mol. The van der Waals surface area contributed by atoms with Crippen molar-refractivity contribution in [2.75, 3.05) is 112 Å². The number of aliphatic hydroxyl groups is 12. The predicted molar refractivity (Wildman–Crippen MR) is 259 cm³/mol. The summed E-state index contributed by atoms with van der Waals surface area (Å²) in [5.41, 5.74) is -1.27. The van der Waals surface area contributed by atoms with Crippen molar-refractivity contribution in [2.24, 2.45) is 23.2 Å². The number of hydrogen-bond donors (Lipinski definition) is 15. The second-order valence-corrected chi connectivity index (χ2v) is 20.0. The third kappa shape index (κ3) is 21.0. The Hall–Kier alpha value is -3.74. The number of carbonyl (C=O) groups excluding carboxylic acids is 6. The molecule has 450 valence electrons. The number of aliphatic hydroxyl groups excluding tert-OH is 12. The van der Waals surface area contributed by atoms with Crippen LogP contribution in [0.15, 0.2) is 0 Å². The average Bonchev–Trinajstić information content (AvgIpc) is 3.76. The fourth-order valence-corrected chi connectivity index (χ4v) is 9.21. The van der Waals surface area contributed by atoms with E-state index in [0.29, 0.717) is 5.06 Å². The molecular formula is C48H82N4O26. The molecule has 5 amide bonds. The Labute approximate surface area is 450 Å². The normalized spacial score (nSPS) is 30.6. The van der Waals surface area contributed by atoms with Gasteiger partial charge < -0.3 is 115 Å². The minimum Gasteiger partial charge on any atom is -0.396 e. The van der Waals surface area contributed by atoms with E-state index >= 15 is 0 Å². The Morgan fingerprint density at radius 1 is 0.436 bits per heavy atom. The van der Waals surface area contributed by atoms with E-state index in [2.05, 4.69) is 16.0 Å². The lowest BCUT2D eigenvalue weighted by Crippen LogP contribution is -2.55. The fourth-order valence-electron chi connectivity index (χ4n) is 9.21. The second-order valence-electron chi connectivity index (χ2n) is 20.0. The monoisotopic (exact) mass is 1130 g/mol. The molecule has 1 aliphatic heterocycles. The molecule has 0 unspecified atom stereocenters. The van der Waals surface area contributed by atoms with Crippen molar-refractivity contribution in [3.05, 3.63) is 0 Å². The number of carbonyl (C=O) groups is 6. The molecule has 4 rings (SSSR count). The molecule has 15 atom stereocenters. The van der Waals surface area contributed by atoms with E-state index in [1.165, 1.54) is 0 Å². The Balaban J connectivity index is 1.33. The van der Waals surface area contributed by atoms with E-state index in [1.54, 1.807) is 0 Å². The SMILES string of the molecule is O=C(CCOCC(COCCC(=O)NCCO[C@H]1C[C@H](CO)[C@@H](O)[C@H](O)[C@@H]1O)(COCCC(=O)NCCO[C@H]1C[C@H](CO)[C@@H](O)[C@H](O)[C@@H]1O)COCCC(=O)ON1C(=O)CCC1=O)NCCO[C@H]1C[C@H](CO)[C@@H](O)[C@H](O)[C@@H]1O. The van der Waals surface area contributed by atoms with Crippen molar-refractivity contribution >= 4 is 35.5 Å². The number of hydrogen-bond acceptors (Lipinski definition) is 26. The molecule has 30 heteroatoms. The molecule has 30 nitrogen and oxygen atoms in total. The molecule has 15 N–H and O–H groups in total. The molecule has 0 aromatic carbocycles. The highest BCUT2D eigenvalue weighted by Gasteiger charge is 2.45. The number of rotatable bonds is 36. The lowest BCUT2D eigenvalue weighted by Gasteiger charge is -2.39. The molecule has 0 aromatic heterocycles. The van der Waals surface area contributed by atoms with E-state index in [4.69, 9.17) is 38.0 Å². The molecule has 78 heavy (non-hydrogen) atoms. The van der Waals surface area contributed by atoms with Gasteiger partial charge in [0.2, 0.25) is 17.7 Å². The van der Waals surface area contributed by atoms with Gasteiger partial charge in [0.05, 0.1) is 121 Å². The maximum atomic E-state index is 12.8. The fraction of sp³-hybridized carbons (Fsp3) is 0.875. The van der Waals surface area contributed by atoms with Gasteiger partial charge in [0, 0.05) is 89.3 Å². The van der Waals surface area contributed by atoms with Crippen molar-refractivity contribution in [1.82, 2.24) is 21.0 Å². The molecule has 3 aliphatic carbocycles. The summed E-state index contributed by atoms with van der Waals surface area (Å²) in [5.74, 6) is -5.88. The third-order valence-electron chi connectivity index (χ3n) is 14.0. The largest absolute Gasteiger partial charge is 0.396 e. The summed E-state index contributed by atoms with van der Waals surface area (Å²) < 4.78 is 40.6. The number of imide groups is 1. The van der Waals surface area contributed by atoms with Crippen molar-refractivity contribution in [3.63, 3.8) is 0 Å². The zero-order valence-corrected chi connectivity index (χ0v) is 43.6. The second kappa shape index (κ2) is 34.5. The van der Waals surface area contributed by atoms with Crippen LogP contribution in [-0.2, 0) is 66.8 Å². The number of hydroxylamine groups is 2. The van der Waals surface area contributed by atoms with Gasteiger partial charge in [-0.25, -0.2) is 4.79 Å². The highest BCUT2D eigenvalue weighted by Crippen LogP contribution is 2.30. The Kier molecular flexibility index (Phi) is 29.6. The first kappa shape index (κ1) is 66.8. The molecule has 0 aromatic rings. The van der Waals surface area contributed by atoms with Crippen LogP contribution in [0.2, 0.25) is 0 Å². The van der Waals surface area contributed by atoms with Crippen molar-refractivity contribution in [2.45, 2.75) is 131 Å². The van der Waals surface area contributed by atoms with Crippen LogP contribution in [0.1, 0.15) is 57.8 Å². The van der Waals surface area contributed by atoms with E-state index in [-0.39, 0.29) is 144 Å². The summed E-state index contributed by atoms with van der Waals surface area (Å²) in [6.45, 7) is -3.39. The van der Waals surface area contributed by atoms with Crippen LogP contribution < -0.4 is 16.0 Å². The molecule has 3 saturated carbocycles. The minimum atomic E-state index is -1.54. The highest BCUT2D eigenvalue weighted by molar-refractivity contribution is 6.01. The van der Waals surface area contributed by atoms with Crippen LogP contribution in [0.25, 0.3) is 0 Å². The van der Waals surface area contributed by atoms with E-state index < -0.39 is 158 Å². The van der Waals surface area contributed by atoms with Gasteiger partial charge in [-0.05, 0) is 19.3 Å². The van der Waals surface area contributed by atoms with Gasteiger partial charge in [-0.15, -0.1) is 5.06 Å². The lowest BCUT2D eigenvalue weighted by molar-refractivity contribution is -0.198. The minimum absolute atomic E-state index is 0.0126. The summed E-state index contributed by atoms with van der Waals surface area (Å²) in [7, 11) is 0. The first-order chi connectivity index (χ1) is 37.3. The smallest absolute Gasteiger partial charge is 0.335 e. The zero-order chi connectivity index (χ0) is 57.4. The first-order valence-corrected chi connectivity index (χ1v) is 26.2. The topological polar surface area (TPSA) is 458 Å². The summed E-state index contributed by atoms with van der Waals surface area (Å²) >= 11 is 0. The van der Waals surface area contributed by atoms with Crippen molar-refractivity contribution < 1.29 is 128 Å². The van der Waals surface area contributed by atoms with Gasteiger partial charge in [-0.2, -0.15) is 0 Å². The van der Waals surface area contributed by atoms with Gasteiger partial charge >= 0.3 is 5.97 Å². The van der Waals surface area contributed by atoms with E-state index in [9.17, 15) is 90.0 Å². The number of ether oxygens (including phenoxy) is 7. The number of nitrogens with zero attached hydrogens (tertiary/aromatic N) is 1. The summed E-state index contributed by atoms with van der Waals surface area (Å²) in [5, 5.41) is 128. The van der Waals surface area contributed by atoms with Crippen molar-refractivity contribution in [1.29, 1.82) is 0 Å². The van der Waals surface area contributed by atoms with E-state index in [1.807, 2.05) is 0 Å². The Bertz CT molecular complexity index is 1660. The average molecular weight is 1130 g/mol. The summed E-state index contributed by atoms with van der Waals surface area (Å²) in [6.07, 6.45) is -16.6. The van der Waals surface area contributed by atoms with Crippen LogP contribution >= 0.6 is 0 Å². The van der Waals surface area contributed by atoms with Gasteiger partial charge in [0.25, 0.3) is 11.8 Å². The van der Waals surface area contributed by atoms with Gasteiger partial charge in [-0.3, -0.25) is 24.0 Å². The van der Waals surface area contributed by atoms with Gasteiger partial charge in [-0.1, -0.05) is 0 Å². The Morgan fingerprint density at radius 2 is 0.731 bits per heavy atom. The highest BCUT2D eigenvalue weighted by atomic mass is 16.7. The number of nitrogens with one attached hydrogen (secondary N) is 3. The lowest BCUT2D eigenvalue weighted by atomic mass is 9.81. The summed E-state index contributed by atoms with van der Waals surface area (Å²) in [6, 6.07) is 0. The van der Waals surface area contributed by atoms with Gasteiger partial charge in [0.15, 0.2) is 0 Å². The zero-order valence-electron chi connectivity index (χ0n) is 43.6. The van der Waals surface area contributed by atoms with Crippen molar-refractivity contribution in [3.8, 4) is 0 Å².